The largest absolute Gasteiger partial charge is 0.378 e. The van der Waals surface area contributed by atoms with E-state index in [1.165, 1.54) is 5.69 Å². The van der Waals surface area contributed by atoms with E-state index in [9.17, 15) is 0 Å². The van der Waals surface area contributed by atoms with E-state index in [1.807, 2.05) is 40.1 Å². The molecule has 0 amide bonds. The van der Waals surface area contributed by atoms with Crippen LogP contribution in [0.5, 0.6) is 0 Å². The molecule has 1 aromatic rings. The van der Waals surface area contributed by atoms with E-state index in [1.54, 1.807) is 0 Å². The molecule has 0 spiro atoms. The van der Waals surface area contributed by atoms with Crippen molar-refractivity contribution in [2.24, 2.45) is 5.90 Å². The van der Waals surface area contributed by atoms with Crippen LogP contribution in [0.3, 0.4) is 0 Å². The quantitative estimate of drug-likeness (QED) is 0.747. The molecule has 1 aromatic carbocycles. The second-order valence-corrected chi connectivity index (χ2v) is 4.07. The smallest absolute Gasteiger partial charge is 0.109 e. The van der Waals surface area contributed by atoms with Gasteiger partial charge in [0.25, 0.3) is 0 Å². The third-order valence-corrected chi connectivity index (χ3v) is 2.37. The highest BCUT2D eigenvalue weighted by molar-refractivity contribution is 5.46. The van der Waals surface area contributed by atoms with Gasteiger partial charge in [-0.2, -0.15) is 0 Å². The summed E-state index contributed by atoms with van der Waals surface area (Å²) in [5.74, 6) is 5.23. The van der Waals surface area contributed by atoms with Crippen LogP contribution < -0.4 is 10.8 Å². The summed E-state index contributed by atoms with van der Waals surface area (Å²) in [6, 6.07) is 8.16. The molecule has 0 atom stereocenters. The predicted octanol–water partition coefficient (Wildman–Crippen LogP) is 1.88. The van der Waals surface area contributed by atoms with Gasteiger partial charge in [0.05, 0.1) is 0 Å². The molecule has 3 nitrogen and oxygen atoms in total. The Kier molecular flexibility index (Phi) is 3.13. The van der Waals surface area contributed by atoms with Crippen molar-refractivity contribution < 1.29 is 4.84 Å². The second-order valence-electron chi connectivity index (χ2n) is 4.07. The Hall–Kier alpha value is -1.06. The minimum atomic E-state index is -0.426. The van der Waals surface area contributed by atoms with Gasteiger partial charge in [0.1, 0.15) is 5.60 Å². The van der Waals surface area contributed by atoms with Crippen LogP contribution in [0.4, 0.5) is 5.69 Å². The lowest BCUT2D eigenvalue weighted by molar-refractivity contribution is -0.0236. The van der Waals surface area contributed by atoms with E-state index in [0.717, 1.165) is 5.56 Å². The number of hydrogen-bond donors (Lipinski definition) is 1. The van der Waals surface area contributed by atoms with Gasteiger partial charge in [-0.1, -0.05) is 12.1 Å². The molecule has 1 rings (SSSR count). The zero-order chi connectivity index (χ0) is 10.8. The van der Waals surface area contributed by atoms with Crippen molar-refractivity contribution >= 4 is 5.69 Å². The van der Waals surface area contributed by atoms with Crippen LogP contribution in [0.25, 0.3) is 0 Å². The Morgan fingerprint density at radius 3 is 2.00 bits per heavy atom. The summed E-state index contributed by atoms with van der Waals surface area (Å²) in [5.41, 5.74) is 1.82. The van der Waals surface area contributed by atoms with Crippen molar-refractivity contribution in [3.63, 3.8) is 0 Å². The van der Waals surface area contributed by atoms with Crippen LogP contribution in [0.1, 0.15) is 19.4 Å². The van der Waals surface area contributed by atoms with Gasteiger partial charge in [0, 0.05) is 19.8 Å². The topological polar surface area (TPSA) is 38.5 Å². The first-order valence-corrected chi connectivity index (χ1v) is 4.63. The highest BCUT2D eigenvalue weighted by Gasteiger charge is 2.19. The third-order valence-electron chi connectivity index (χ3n) is 2.37. The van der Waals surface area contributed by atoms with E-state index in [-0.39, 0.29) is 0 Å². The van der Waals surface area contributed by atoms with Crippen LogP contribution in [0.2, 0.25) is 0 Å². The average molecular weight is 194 g/mol. The SMILES string of the molecule is CN(C)c1ccc(C(C)(C)ON)cc1. The Labute approximate surface area is 85.4 Å². The lowest BCUT2D eigenvalue weighted by atomic mass is 9.98. The molecular weight excluding hydrogens is 176 g/mol. The van der Waals surface area contributed by atoms with Gasteiger partial charge in [-0.05, 0) is 31.5 Å². The van der Waals surface area contributed by atoms with Crippen molar-refractivity contribution in [3.05, 3.63) is 29.8 Å². The highest BCUT2D eigenvalue weighted by atomic mass is 16.6. The van der Waals surface area contributed by atoms with Crippen molar-refractivity contribution in [2.45, 2.75) is 19.4 Å². The Morgan fingerprint density at radius 2 is 1.64 bits per heavy atom. The standard InChI is InChI=1S/C11H18N2O/c1-11(2,14-12)9-5-7-10(8-6-9)13(3)4/h5-8H,12H2,1-4H3. The van der Waals surface area contributed by atoms with Crippen molar-refractivity contribution in [2.75, 3.05) is 19.0 Å². The molecular formula is C11H18N2O. The molecule has 0 aromatic heterocycles. The summed E-state index contributed by atoms with van der Waals surface area (Å²) in [5, 5.41) is 0. The first-order valence-electron chi connectivity index (χ1n) is 4.63. The van der Waals surface area contributed by atoms with Crippen LogP contribution in [0.15, 0.2) is 24.3 Å². The van der Waals surface area contributed by atoms with Gasteiger partial charge in [0.15, 0.2) is 0 Å². The first kappa shape index (κ1) is 11.0. The van der Waals surface area contributed by atoms with Crippen LogP contribution in [0, 0.1) is 0 Å². The van der Waals surface area contributed by atoms with Gasteiger partial charge in [0.2, 0.25) is 0 Å². The van der Waals surface area contributed by atoms with Crippen LogP contribution >= 0.6 is 0 Å². The maximum atomic E-state index is 5.23. The molecule has 0 aliphatic carbocycles. The molecule has 0 saturated heterocycles. The minimum Gasteiger partial charge on any atom is -0.378 e. The molecule has 0 aliphatic heterocycles. The molecule has 14 heavy (non-hydrogen) atoms. The molecule has 0 aliphatic rings. The third kappa shape index (κ3) is 2.25. The summed E-state index contributed by atoms with van der Waals surface area (Å²) < 4.78 is 0. The molecule has 2 N–H and O–H groups in total. The van der Waals surface area contributed by atoms with Gasteiger partial charge in [-0.3, -0.25) is 4.84 Å². The lowest BCUT2D eigenvalue weighted by Gasteiger charge is -2.23. The number of nitrogens with two attached hydrogens (primary N) is 1. The van der Waals surface area contributed by atoms with E-state index < -0.39 is 5.60 Å². The zero-order valence-electron chi connectivity index (χ0n) is 9.24. The monoisotopic (exact) mass is 194 g/mol. The number of rotatable bonds is 3. The maximum Gasteiger partial charge on any atom is 0.109 e. The number of benzene rings is 1. The molecule has 78 valence electrons. The Balaban J connectivity index is 2.94. The van der Waals surface area contributed by atoms with E-state index in [0.29, 0.717) is 0 Å². The lowest BCUT2D eigenvalue weighted by Crippen LogP contribution is -2.25. The molecule has 0 radical (unpaired) electrons. The molecule has 0 bridgehead atoms. The average Bonchev–Trinajstić information content (AvgIpc) is 2.18. The van der Waals surface area contributed by atoms with Gasteiger partial charge >= 0.3 is 0 Å². The number of hydrogen-bond acceptors (Lipinski definition) is 3. The fourth-order valence-electron chi connectivity index (χ4n) is 1.23. The number of anilines is 1. The fourth-order valence-corrected chi connectivity index (χ4v) is 1.23. The Morgan fingerprint density at radius 1 is 1.14 bits per heavy atom. The summed E-state index contributed by atoms with van der Waals surface area (Å²) >= 11 is 0. The zero-order valence-corrected chi connectivity index (χ0v) is 9.24. The van der Waals surface area contributed by atoms with E-state index >= 15 is 0 Å². The van der Waals surface area contributed by atoms with Crippen LogP contribution in [-0.2, 0) is 10.4 Å². The maximum absolute atomic E-state index is 5.23. The first-order chi connectivity index (χ1) is 6.47. The predicted molar refractivity (Wildman–Crippen MR) is 59.1 cm³/mol. The summed E-state index contributed by atoms with van der Waals surface area (Å²) in [4.78, 5) is 6.97. The van der Waals surface area contributed by atoms with Crippen LogP contribution in [-0.4, -0.2) is 14.1 Å². The minimum absolute atomic E-state index is 0.426. The van der Waals surface area contributed by atoms with Gasteiger partial charge < -0.3 is 4.90 Å². The molecule has 0 unspecified atom stereocenters. The van der Waals surface area contributed by atoms with E-state index in [2.05, 4.69) is 17.0 Å². The normalized spacial score (nSPS) is 11.5. The fraction of sp³-hybridized carbons (Fsp3) is 0.455. The molecule has 0 saturated carbocycles. The number of nitrogens with zero attached hydrogens (tertiary/aromatic N) is 1. The summed E-state index contributed by atoms with van der Waals surface area (Å²) in [6.07, 6.45) is 0. The second kappa shape index (κ2) is 3.98. The van der Waals surface area contributed by atoms with Crippen molar-refractivity contribution in [1.82, 2.24) is 0 Å². The van der Waals surface area contributed by atoms with Crippen molar-refractivity contribution in [3.8, 4) is 0 Å². The van der Waals surface area contributed by atoms with Gasteiger partial charge in [-0.25, -0.2) is 5.90 Å². The molecule has 0 heterocycles. The molecule has 0 fully saturated rings. The molecule has 3 heteroatoms. The van der Waals surface area contributed by atoms with E-state index in [4.69, 9.17) is 10.7 Å². The summed E-state index contributed by atoms with van der Waals surface area (Å²) in [7, 11) is 4.03. The van der Waals surface area contributed by atoms with Gasteiger partial charge in [-0.15, -0.1) is 0 Å². The Bertz CT molecular complexity index is 291. The summed E-state index contributed by atoms with van der Waals surface area (Å²) in [6.45, 7) is 3.88. The highest BCUT2D eigenvalue weighted by Crippen LogP contribution is 2.24. The van der Waals surface area contributed by atoms with Crippen molar-refractivity contribution in [1.29, 1.82) is 0 Å².